The van der Waals surface area contributed by atoms with Crippen LogP contribution in [-0.4, -0.2) is 72.8 Å². The Morgan fingerprint density at radius 1 is 1.15 bits per heavy atom. The first kappa shape index (κ1) is 22.1. The minimum atomic E-state index is 0.577. The highest BCUT2D eigenvalue weighted by atomic mass is 16.5. The molecule has 0 radical (unpaired) electrons. The van der Waals surface area contributed by atoms with Gasteiger partial charge in [-0.15, -0.1) is 0 Å². The number of fused-ring (bicyclic) bond motifs is 1. The number of piperazine rings is 1. The van der Waals surface area contributed by atoms with Gasteiger partial charge in [0.15, 0.2) is 17.7 Å². The fourth-order valence-corrected chi connectivity index (χ4v) is 3.86. The van der Waals surface area contributed by atoms with Crippen molar-refractivity contribution in [3.05, 3.63) is 48.5 Å². The number of rotatable bonds is 6. The Morgan fingerprint density at radius 3 is 2.64 bits per heavy atom. The van der Waals surface area contributed by atoms with Crippen LogP contribution in [0.4, 0.5) is 5.82 Å². The van der Waals surface area contributed by atoms with Gasteiger partial charge in [0.1, 0.15) is 12.1 Å². The van der Waals surface area contributed by atoms with Crippen LogP contribution in [-0.2, 0) is 6.42 Å². The summed E-state index contributed by atoms with van der Waals surface area (Å²) < 4.78 is 10.9. The second kappa shape index (κ2) is 10.5. The number of anilines is 1. The first-order valence-electron chi connectivity index (χ1n) is 10.7. The van der Waals surface area contributed by atoms with E-state index >= 15 is 0 Å². The zero-order valence-electron chi connectivity index (χ0n) is 18.7. The van der Waals surface area contributed by atoms with Gasteiger partial charge in [-0.2, -0.15) is 5.26 Å². The standard InChI is InChI=1S/C23H26N8O2/c1-32-20-12-18-19(13-21(20)33-2)28-16-29-22(18)30-8-10-31(11-9-30)23(27-15-24)26-7-5-17-4-3-6-25-14-17/h3-4,6,12-14,16H,5,7-11H2,1-2H3,(H,26,27). The summed E-state index contributed by atoms with van der Waals surface area (Å²) in [6, 6.07) is 7.71. The highest BCUT2D eigenvalue weighted by Gasteiger charge is 2.23. The van der Waals surface area contributed by atoms with Crippen LogP contribution in [0.25, 0.3) is 10.9 Å². The zero-order chi connectivity index (χ0) is 23.0. The van der Waals surface area contributed by atoms with Gasteiger partial charge in [0.05, 0.1) is 19.7 Å². The minimum Gasteiger partial charge on any atom is -0.493 e. The Morgan fingerprint density at radius 2 is 1.94 bits per heavy atom. The van der Waals surface area contributed by atoms with Gasteiger partial charge >= 0.3 is 0 Å². The minimum absolute atomic E-state index is 0.577. The highest BCUT2D eigenvalue weighted by molar-refractivity contribution is 5.92. The summed E-state index contributed by atoms with van der Waals surface area (Å²) in [6.07, 6.45) is 7.93. The number of hydrogen-bond acceptors (Lipinski definition) is 8. The van der Waals surface area contributed by atoms with Crippen molar-refractivity contribution in [2.75, 3.05) is 51.8 Å². The lowest BCUT2D eigenvalue weighted by molar-refractivity contribution is 0.355. The van der Waals surface area contributed by atoms with Crippen LogP contribution in [0.3, 0.4) is 0 Å². The predicted octanol–water partition coefficient (Wildman–Crippen LogP) is 1.83. The molecular formula is C23H26N8O2. The summed E-state index contributed by atoms with van der Waals surface area (Å²) in [6.45, 7) is 3.46. The van der Waals surface area contributed by atoms with Crippen molar-refractivity contribution in [1.29, 1.82) is 5.26 Å². The van der Waals surface area contributed by atoms with E-state index in [0.29, 0.717) is 37.1 Å². The van der Waals surface area contributed by atoms with E-state index in [1.165, 1.54) is 0 Å². The van der Waals surface area contributed by atoms with E-state index in [2.05, 4.69) is 35.1 Å². The maximum atomic E-state index is 9.20. The lowest BCUT2D eigenvalue weighted by Crippen LogP contribution is -2.52. The van der Waals surface area contributed by atoms with Gasteiger partial charge in [-0.25, -0.2) is 9.97 Å². The SMILES string of the molecule is COc1cc2ncnc(N3CCN(C(=NCCc4cccnc4)NC#N)CC3)c2cc1OC. The molecule has 0 atom stereocenters. The topological polar surface area (TPSA) is 112 Å². The lowest BCUT2D eigenvalue weighted by atomic mass is 10.2. The Balaban J connectivity index is 1.46. The average molecular weight is 447 g/mol. The molecule has 3 heterocycles. The number of aromatic nitrogens is 3. The molecule has 0 bridgehead atoms. The number of guanidine groups is 1. The number of hydrogen-bond donors (Lipinski definition) is 1. The molecular weight excluding hydrogens is 420 g/mol. The van der Waals surface area contributed by atoms with Crippen molar-refractivity contribution in [3.63, 3.8) is 0 Å². The molecule has 0 unspecified atom stereocenters. The quantitative estimate of drug-likeness (QED) is 0.262. The van der Waals surface area contributed by atoms with Gasteiger partial charge in [0, 0.05) is 56.6 Å². The smallest absolute Gasteiger partial charge is 0.207 e. The Labute approximate surface area is 192 Å². The van der Waals surface area contributed by atoms with Crippen molar-refractivity contribution < 1.29 is 9.47 Å². The van der Waals surface area contributed by atoms with Crippen LogP contribution < -0.4 is 19.7 Å². The van der Waals surface area contributed by atoms with Crippen LogP contribution in [0.2, 0.25) is 0 Å². The number of nitrogens with zero attached hydrogens (tertiary/aromatic N) is 7. The molecule has 1 fully saturated rings. The summed E-state index contributed by atoms with van der Waals surface area (Å²) in [5.74, 6) is 2.72. The Bertz CT molecular complexity index is 1150. The largest absolute Gasteiger partial charge is 0.493 e. The van der Waals surface area contributed by atoms with E-state index < -0.39 is 0 Å². The molecule has 10 heteroatoms. The van der Waals surface area contributed by atoms with Crippen LogP contribution in [0.15, 0.2) is 48.0 Å². The maximum absolute atomic E-state index is 9.20. The van der Waals surface area contributed by atoms with E-state index in [1.54, 1.807) is 26.7 Å². The van der Waals surface area contributed by atoms with Gasteiger partial charge in [-0.1, -0.05) is 6.07 Å². The number of ether oxygens (including phenoxy) is 2. The third-order valence-corrected chi connectivity index (χ3v) is 5.55. The summed E-state index contributed by atoms with van der Waals surface area (Å²) in [7, 11) is 3.22. The van der Waals surface area contributed by atoms with Gasteiger partial charge in [0.25, 0.3) is 0 Å². The summed E-state index contributed by atoms with van der Waals surface area (Å²) >= 11 is 0. The first-order chi connectivity index (χ1) is 16.2. The number of nitrogens with one attached hydrogen (secondary N) is 1. The molecule has 0 amide bonds. The van der Waals surface area contributed by atoms with Crippen molar-refractivity contribution in [2.24, 2.45) is 4.99 Å². The fourth-order valence-electron chi connectivity index (χ4n) is 3.86. The molecule has 1 aromatic carbocycles. The molecule has 1 saturated heterocycles. The van der Waals surface area contributed by atoms with Gasteiger partial charge < -0.3 is 19.3 Å². The highest BCUT2D eigenvalue weighted by Crippen LogP contribution is 2.34. The van der Waals surface area contributed by atoms with Gasteiger partial charge in [-0.3, -0.25) is 15.3 Å². The normalized spacial score (nSPS) is 14.2. The summed E-state index contributed by atoms with van der Waals surface area (Å²) in [4.78, 5) is 22.0. The Kier molecular flexibility index (Phi) is 6.99. The molecule has 1 aliphatic rings. The number of aliphatic imine (C=N–C) groups is 1. The fraction of sp³-hybridized carbons (Fsp3) is 0.348. The van der Waals surface area contributed by atoms with Crippen molar-refractivity contribution >= 4 is 22.7 Å². The molecule has 10 nitrogen and oxygen atoms in total. The number of benzene rings is 1. The van der Waals surface area contributed by atoms with Crippen LogP contribution in [0.5, 0.6) is 11.5 Å². The zero-order valence-corrected chi connectivity index (χ0v) is 18.7. The molecule has 2 aromatic heterocycles. The summed E-state index contributed by atoms with van der Waals surface area (Å²) in [5.41, 5.74) is 1.91. The van der Waals surface area contributed by atoms with E-state index in [-0.39, 0.29) is 0 Å². The van der Waals surface area contributed by atoms with Gasteiger partial charge in [0.2, 0.25) is 5.96 Å². The predicted molar refractivity (Wildman–Crippen MR) is 125 cm³/mol. The third kappa shape index (κ3) is 5.03. The van der Waals surface area contributed by atoms with Crippen LogP contribution in [0.1, 0.15) is 5.56 Å². The van der Waals surface area contributed by atoms with Crippen molar-refractivity contribution in [2.45, 2.75) is 6.42 Å². The third-order valence-electron chi connectivity index (χ3n) is 5.55. The first-order valence-corrected chi connectivity index (χ1v) is 10.7. The molecule has 0 aliphatic carbocycles. The van der Waals surface area contributed by atoms with Gasteiger partial charge in [-0.05, 0) is 24.1 Å². The lowest BCUT2D eigenvalue weighted by Gasteiger charge is -2.36. The van der Waals surface area contributed by atoms with E-state index in [0.717, 1.165) is 41.8 Å². The molecule has 33 heavy (non-hydrogen) atoms. The van der Waals surface area contributed by atoms with Crippen LogP contribution >= 0.6 is 0 Å². The molecule has 0 spiro atoms. The number of pyridine rings is 1. The molecule has 1 aliphatic heterocycles. The molecule has 1 N–H and O–H groups in total. The number of nitriles is 1. The molecule has 3 aromatic rings. The Hall–Kier alpha value is -4.13. The van der Waals surface area contributed by atoms with E-state index in [4.69, 9.17) is 9.47 Å². The molecule has 0 saturated carbocycles. The van der Waals surface area contributed by atoms with Crippen LogP contribution in [0, 0.1) is 11.5 Å². The number of methoxy groups -OCH3 is 2. The molecule has 170 valence electrons. The second-order valence-electron chi connectivity index (χ2n) is 7.45. The van der Waals surface area contributed by atoms with E-state index in [1.807, 2.05) is 36.7 Å². The second-order valence-corrected chi connectivity index (χ2v) is 7.45. The average Bonchev–Trinajstić information content (AvgIpc) is 2.87. The van der Waals surface area contributed by atoms with Crippen molar-refractivity contribution in [1.82, 2.24) is 25.2 Å². The molecule has 4 rings (SSSR count). The van der Waals surface area contributed by atoms with E-state index in [9.17, 15) is 5.26 Å². The summed E-state index contributed by atoms with van der Waals surface area (Å²) in [5, 5.41) is 12.8. The maximum Gasteiger partial charge on any atom is 0.207 e. The monoisotopic (exact) mass is 446 g/mol. The van der Waals surface area contributed by atoms with Crippen molar-refractivity contribution in [3.8, 4) is 17.7 Å².